The standard InChI is InChI=1S/C27H33N3O9/c1-5-8-30(26(37)39-4)11-12-6-7-16(31)18-14(12)9-13-10-15-20(29(2)3)22(33)19(25(28)36)24(35)27(15,38)23(34)17(13)21(18)32/h5-7,13,15,20,24,31,33-35,38H,1,8-11H2,2-4H3,(H2,28,36)/t13-,15-,20-,24?,27-/m0/s1. The number of phenolic OH excluding ortho intramolecular Hbond substituents is 1. The Bertz CT molecular complexity index is 1320. The first-order valence-corrected chi connectivity index (χ1v) is 12.4. The molecular weight excluding hydrogens is 510 g/mol. The number of carbonyl (C=O) groups is 3. The van der Waals surface area contributed by atoms with Crippen molar-refractivity contribution in [2.75, 3.05) is 27.7 Å². The highest BCUT2D eigenvalue weighted by Gasteiger charge is 2.63. The fraction of sp³-hybridized carbons (Fsp3) is 0.444. The third kappa shape index (κ3) is 4.15. The van der Waals surface area contributed by atoms with Crippen LogP contribution in [0.15, 0.2) is 47.5 Å². The van der Waals surface area contributed by atoms with Crippen LogP contribution < -0.4 is 5.73 Å². The number of allylic oxidation sites excluding steroid dienone is 1. The number of methoxy groups -OCH3 is 1. The number of ether oxygens (including phenoxy) is 1. The average molecular weight is 544 g/mol. The Morgan fingerprint density at radius 3 is 2.49 bits per heavy atom. The van der Waals surface area contributed by atoms with Gasteiger partial charge >= 0.3 is 6.09 Å². The number of phenols is 1. The molecule has 4 rings (SSSR count). The van der Waals surface area contributed by atoms with Gasteiger partial charge < -0.3 is 40.9 Å². The molecular formula is C27H33N3O9. The van der Waals surface area contributed by atoms with Crippen LogP contribution in [-0.2, 0) is 22.5 Å². The Morgan fingerprint density at radius 1 is 1.26 bits per heavy atom. The third-order valence-electron chi connectivity index (χ3n) is 8.05. The lowest BCUT2D eigenvalue weighted by Crippen LogP contribution is -2.65. The highest BCUT2D eigenvalue weighted by molar-refractivity contribution is 6.13. The summed E-state index contributed by atoms with van der Waals surface area (Å²) in [6.07, 6.45) is -1.03. The Hall–Kier alpha value is -3.87. The van der Waals surface area contributed by atoms with Crippen molar-refractivity contribution in [1.29, 1.82) is 0 Å². The van der Waals surface area contributed by atoms with Crippen LogP contribution in [0.3, 0.4) is 0 Å². The van der Waals surface area contributed by atoms with Crippen LogP contribution in [-0.4, -0.2) is 98.6 Å². The largest absolute Gasteiger partial charge is 0.510 e. The number of hydrogen-bond acceptors (Lipinski definition) is 10. The SMILES string of the molecule is C=CCN(Cc1ccc(O)c2c1C[C@H]1C[C@H]3[C@H](N(C)C)C(O)=C(C(N)=O)C(O)[C@@]3(O)C(O)=C1C2=O)C(=O)OC. The number of amides is 2. The molecule has 0 aliphatic heterocycles. The molecule has 3 aliphatic rings. The van der Waals surface area contributed by atoms with E-state index in [0.29, 0.717) is 11.1 Å². The first-order chi connectivity index (χ1) is 18.3. The van der Waals surface area contributed by atoms with E-state index < -0.39 is 64.5 Å². The molecule has 3 aliphatic carbocycles. The molecule has 7 N–H and O–H groups in total. The summed E-state index contributed by atoms with van der Waals surface area (Å²) in [5.74, 6) is -5.38. The van der Waals surface area contributed by atoms with Crippen LogP contribution in [0.5, 0.6) is 5.75 Å². The zero-order valence-corrected chi connectivity index (χ0v) is 21.9. The minimum absolute atomic E-state index is 0.0273. The number of benzene rings is 1. The lowest BCUT2D eigenvalue weighted by molar-refractivity contribution is -0.143. The molecule has 12 heteroatoms. The van der Waals surface area contributed by atoms with Gasteiger partial charge in [0, 0.05) is 24.6 Å². The molecule has 12 nitrogen and oxygen atoms in total. The first-order valence-electron chi connectivity index (χ1n) is 12.4. The Morgan fingerprint density at radius 2 is 1.92 bits per heavy atom. The van der Waals surface area contributed by atoms with Gasteiger partial charge in [0.2, 0.25) is 0 Å². The van der Waals surface area contributed by atoms with Crippen LogP contribution in [0.2, 0.25) is 0 Å². The second-order valence-corrected chi connectivity index (χ2v) is 10.4. The molecule has 0 spiro atoms. The van der Waals surface area contributed by atoms with E-state index in [1.54, 1.807) is 20.2 Å². The Kier molecular flexibility index (Phi) is 7.23. The predicted molar refractivity (Wildman–Crippen MR) is 138 cm³/mol. The topological polar surface area (TPSA) is 194 Å². The number of likely N-dealkylation sites (N-methyl/N-ethyl adjacent to an activating group) is 1. The molecule has 0 saturated heterocycles. The van der Waals surface area contributed by atoms with Gasteiger partial charge in [0.1, 0.15) is 23.4 Å². The molecule has 0 radical (unpaired) electrons. The highest BCUT2D eigenvalue weighted by atomic mass is 16.5. The number of carbonyl (C=O) groups excluding carboxylic acids is 3. The molecule has 1 unspecified atom stereocenters. The number of primary amides is 1. The van der Waals surface area contributed by atoms with E-state index >= 15 is 0 Å². The number of Topliss-reactive ketones (excluding diaryl/α,β-unsaturated/α-hetero) is 1. The summed E-state index contributed by atoms with van der Waals surface area (Å²) in [6.45, 7) is 3.86. The van der Waals surface area contributed by atoms with Crippen molar-refractivity contribution >= 4 is 17.8 Å². The summed E-state index contributed by atoms with van der Waals surface area (Å²) in [7, 11) is 4.42. The van der Waals surface area contributed by atoms with Crippen molar-refractivity contribution in [3.8, 4) is 5.75 Å². The monoisotopic (exact) mass is 543 g/mol. The highest BCUT2D eigenvalue weighted by Crippen LogP contribution is 2.53. The van der Waals surface area contributed by atoms with Gasteiger partial charge in [0.25, 0.3) is 5.91 Å². The van der Waals surface area contributed by atoms with Gasteiger partial charge in [-0.15, -0.1) is 6.58 Å². The minimum atomic E-state index is -2.51. The van der Waals surface area contributed by atoms with Gasteiger partial charge in [-0.1, -0.05) is 12.1 Å². The smallest absolute Gasteiger partial charge is 0.410 e. The normalized spacial score (nSPS) is 28.0. The number of aliphatic hydroxyl groups excluding tert-OH is 3. The quantitative estimate of drug-likeness (QED) is 0.278. The van der Waals surface area contributed by atoms with Crippen molar-refractivity contribution in [2.24, 2.45) is 17.6 Å². The summed E-state index contributed by atoms with van der Waals surface area (Å²) in [5.41, 5.74) is 2.96. The van der Waals surface area contributed by atoms with Gasteiger partial charge in [0.05, 0.1) is 24.3 Å². The zero-order valence-electron chi connectivity index (χ0n) is 21.9. The number of ketones is 1. The molecule has 0 fully saturated rings. The van der Waals surface area contributed by atoms with Crippen molar-refractivity contribution in [3.63, 3.8) is 0 Å². The van der Waals surface area contributed by atoms with Crippen molar-refractivity contribution in [2.45, 2.75) is 37.1 Å². The van der Waals surface area contributed by atoms with Crippen molar-refractivity contribution in [1.82, 2.24) is 9.80 Å². The van der Waals surface area contributed by atoms with E-state index in [4.69, 9.17) is 10.5 Å². The van der Waals surface area contributed by atoms with E-state index in [9.17, 15) is 39.9 Å². The number of rotatable bonds is 6. The number of nitrogens with two attached hydrogens (primary N) is 1. The molecule has 39 heavy (non-hydrogen) atoms. The molecule has 1 aromatic carbocycles. The van der Waals surface area contributed by atoms with E-state index in [-0.39, 0.29) is 42.8 Å². The molecule has 5 atom stereocenters. The average Bonchev–Trinajstić information content (AvgIpc) is 2.86. The van der Waals surface area contributed by atoms with Crippen molar-refractivity contribution < 1.29 is 44.7 Å². The van der Waals surface area contributed by atoms with E-state index in [0.717, 1.165) is 0 Å². The maximum Gasteiger partial charge on any atom is 0.410 e. The number of fused-ring (bicyclic) bond motifs is 3. The number of aromatic hydroxyl groups is 1. The van der Waals surface area contributed by atoms with Crippen molar-refractivity contribution in [3.05, 3.63) is 64.1 Å². The summed E-state index contributed by atoms with van der Waals surface area (Å²) in [4.78, 5) is 41.1. The lowest BCUT2D eigenvalue weighted by Gasteiger charge is -2.53. The van der Waals surface area contributed by atoms with Gasteiger partial charge in [0.15, 0.2) is 11.4 Å². The van der Waals surface area contributed by atoms with Gasteiger partial charge in [-0.2, -0.15) is 0 Å². The molecule has 1 aromatic rings. The Labute approximate surface area is 224 Å². The Balaban J connectivity index is 1.88. The number of hydrogen-bond donors (Lipinski definition) is 6. The fourth-order valence-corrected chi connectivity index (χ4v) is 6.33. The van der Waals surface area contributed by atoms with E-state index in [1.165, 1.54) is 29.1 Å². The van der Waals surface area contributed by atoms with Gasteiger partial charge in [-0.25, -0.2) is 4.79 Å². The predicted octanol–water partition coefficient (Wildman–Crippen LogP) is 0.667. The minimum Gasteiger partial charge on any atom is -0.510 e. The molecule has 210 valence electrons. The second-order valence-electron chi connectivity index (χ2n) is 10.4. The maximum atomic E-state index is 13.8. The zero-order chi connectivity index (χ0) is 29.0. The number of aliphatic hydroxyl groups is 4. The number of nitrogens with zero attached hydrogens (tertiary/aromatic N) is 2. The third-order valence-corrected chi connectivity index (χ3v) is 8.05. The summed E-state index contributed by atoms with van der Waals surface area (Å²) >= 11 is 0. The lowest BCUT2D eigenvalue weighted by atomic mass is 9.58. The first kappa shape index (κ1) is 28.1. The van der Waals surface area contributed by atoms with Crippen LogP contribution >= 0.6 is 0 Å². The summed E-state index contributed by atoms with van der Waals surface area (Å²) in [6, 6.07) is 1.87. The molecule has 0 bridgehead atoms. The van der Waals surface area contributed by atoms with Gasteiger partial charge in [-0.3, -0.25) is 14.5 Å². The second kappa shape index (κ2) is 10.0. The molecule has 0 aromatic heterocycles. The maximum absolute atomic E-state index is 13.8. The van der Waals surface area contributed by atoms with Crippen LogP contribution in [0.25, 0.3) is 0 Å². The summed E-state index contributed by atoms with van der Waals surface area (Å²) < 4.78 is 4.84. The van der Waals surface area contributed by atoms with Crippen LogP contribution in [0, 0.1) is 11.8 Å². The molecule has 0 heterocycles. The fourth-order valence-electron chi connectivity index (χ4n) is 6.33. The van der Waals surface area contributed by atoms with Gasteiger partial charge in [-0.05, 0) is 50.0 Å². The van der Waals surface area contributed by atoms with E-state index in [1.807, 2.05) is 0 Å². The van der Waals surface area contributed by atoms with Crippen LogP contribution in [0.1, 0.15) is 27.9 Å². The van der Waals surface area contributed by atoms with Crippen LogP contribution in [0.4, 0.5) is 4.79 Å². The summed E-state index contributed by atoms with van der Waals surface area (Å²) in [5, 5.41) is 55.8. The molecule has 0 saturated carbocycles. The molecule has 2 amide bonds. The van der Waals surface area contributed by atoms with E-state index in [2.05, 4.69) is 6.58 Å².